The Balaban J connectivity index is 3.44. The summed E-state index contributed by atoms with van der Waals surface area (Å²) in [6, 6.07) is -1.20. The summed E-state index contributed by atoms with van der Waals surface area (Å²) in [5.74, 6) is -1.78. The van der Waals surface area contributed by atoms with Gasteiger partial charge in [-0.1, -0.05) is 0 Å². The first-order valence-electron chi connectivity index (χ1n) is 13.4. The van der Waals surface area contributed by atoms with Crippen molar-refractivity contribution in [3.63, 3.8) is 0 Å². The van der Waals surface area contributed by atoms with E-state index in [2.05, 4.69) is 21.3 Å². The Kier molecular flexibility index (Phi) is 23.7. The first kappa shape index (κ1) is 37.4. The molecule has 0 radical (unpaired) electrons. The summed E-state index contributed by atoms with van der Waals surface area (Å²) < 4.78 is 21.1. The zero-order valence-electron chi connectivity index (χ0n) is 23.7. The highest BCUT2D eigenvalue weighted by Gasteiger charge is 2.16. The van der Waals surface area contributed by atoms with Gasteiger partial charge in [0.15, 0.2) is 7.85 Å². The van der Waals surface area contributed by atoms with Crippen molar-refractivity contribution in [2.24, 2.45) is 5.73 Å². The predicted octanol–water partition coefficient (Wildman–Crippen LogP) is -3.49. The molecular formula is C24H46BN5O10. The minimum atomic E-state index is -1.00. The smallest absolute Gasteiger partial charge is 0.320 e. The van der Waals surface area contributed by atoms with Crippen molar-refractivity contribution in [2.75, 3.05) is 79.5 Å². The third-order valence-electron chi connectivity index (χ3n) is 5.44. The van der Waals surface area contributed by atoms with Gasteiger partial charge in [-0.25, -0.2) is 0 Å². The molecular weight excluding hydrogens is 529 g/mol. The molecule has 0 spiro atoms. The number of ether oxygens (including phenoxy) is 4. The molecule has 230 valence electrons. The molecule has 0 aromatic carbocycles. The van der Waals surface area contributed by atoms with E-state index in [1.165, 1.54) is 14.9 Å². The van der Waals surface area contributed by atoms with Gasteiger partial charge in [-0.3, -0.25) is 19.2 Å². The number of unbranched alkanes of at least 4 members (excludes halogenated alkanes) is 1. The summed E-state index contributed by atoms with van der Waals surface area (Å²) in [5.41, 5.74) is 5.61. The van der Waals surface area contributed by atoms with Crippen LogP contribution in [0.3, 0.4) is 0 Å². The van der Waals surface area contributed by atoms with Crippen LogP contribution in [-0.2, 0) is 42.9 Å². The molecule has 0 aliphatic rings. The summed E-state index contributed by atoms with van der Waals surface area (Å²) in [6.45, 7) is 2.40. The number of hydrogen-bond donors (Lipinski definition) is 6. The Morgan fingerprint density at radius 1 is 0.725 bits per heavy atom. The summed E-state index contributed by atoms with van der Waals surface area (Å²) in [5, 5.41) is 19.5. The highest BCUT2D eigenvalue weighted by Crippen LogP contribution is 1.98. The molecule has 15 nitrogen and oxygen atoms in total. The van der Waals surface area contributed by atoms with Gasteiger partial charge < -0.3 is 55.8 Å². The standard InChI is InChI=1S/C24H46BN5O10/c1-27-19(24(35)36)5-6-20(31)29-8-10-37-12-15-40-17-22(33)30-9-11-38-13-14-39-16-21(32)28-7-3-2-4-18(26)23(25)34/h18-19,27H,2-17,25-26H2,1H3,(H,28,32)(H,29,31)(H,30,33)(H,35,36). The van der Waals surface area contributed by atoms with Gasteiger partial charge in [0.1, 0.15) is 19.3 Å². The van der Waals surface area contributed by atoms with E-state index in [-0.39, 0.29) is 95.6 Å². The number of hydrogen-bond acceptors (Lipinski definition) is 11. The average molecular weight is 575 g/mol. The number of carbonyl (C=O) groups is 5. The summed E-state index contributed by atoms with van der Waals surface area (Å²) in [6.07, 6.45) is 2.38. The van der Waals surface area contributed by atoms with Gasteiger partial charge in [-0.05, 0) is 32.7 Å². The minimum Gasteiger partial charge on any atom is -0.480 e. The molecule has 0 rings (SSSR count). The fourth-order valence-electron chi connectivity index (χ4n) is 3.07. The van der Waals surface area contributed by atoms with Crippen LogP contribution in [0.15, 0.2) is 0 Å². The fraction of sp³-hybridized carbons (Fsp3) is 0.792. The number of carbonyl (C=O) groups excluding carboxylic acids is 4. The molecule has 40 heavy (non-hydrogen) atoms. The second kappa shape index (κ2) is 25.3. The SMILES string of the molecule is BC(=O)C(N)CCCCNC(=O)COCCOCCNC(=O)COCCOCCNC(=O)CCC(NC)C(=O)O. The van der Waals surface area contributed by atoms with E-state index in [0.29, 0.717) is 19.5 Å². The van der Waals surface area contributed by atoms with Gasteiger partial charge >= 0.3 is 5.97 Å². The van der Waals surface area contributed by atoms with Gasteiger partial charge in [0, 0.05) is 26.1 Å². The van der Waals surface area contributed by atoms with Crippen molar-refractivity contribution in [2.45, 2.75) is 44.2 Å². The van der Waals surface area contributed by atoms with Crippen LogP contribution in [0.25, 0.3) is 0 Å². The Bertz CT molecular complexity index is 747. The van der Waals surface area contributed by atoms with Crippen LogP contribution in [0.2, 0.25) is 0 Å². The van der Waals surface area contributed by atoms with Crippen LogP contribution < -0.4 is 27.0 Å². The second-order valence-corrected chi connectivity index (χ2v) is 8.81. The lowest BCUT2D eigenvalue weighted by Crippen LogP contribution is -2.36. The molecule has 0 saturated heterocycles. The Labute approximate surface area is 236 Å². The maximum atomic E-state index is 11.7. The lowest BCUT2D eigenvalue weighted by Gasteiger charge is -2.11. The van der Waals surface area contributed by atoms with Crippen LogP contribution in [0.4, 0.5) is 0 Å². The van der Waals surface area contributed by atoms with Crippen molar-refractivity contribution in [3.8, 4) is 0 Å². The largest absolute Gasteiger partial charge is 0.480 e. The van der Waals surface area contributed by atoms with Crippen LogP contribution in [-0.4, -0.2) is 134 Å². The molecule has 0 aliphatic carbocycles. The molecule has 2 unspecified atom stereocenters. The molecule has 3 amide bonds. The Morgan fingerprint density at radius 3 is 1.73 bits per heavy atom. The Morgan fingerprint density at radius 2 is 1.23 bits per heavy atom. The van der Waals surface area contributed by atoms with Gasteiger partial charge in [-0.15, -0.1) is 0 Å². The van der Waals surface area contributed by atoms with Crippen LogP contribution in [0.5, 0.6) is 0 Å². The van der Waals surface area contributed by atoms with Crippen molar-refractivity contribution in [1.29, 1.82) is 0 Å². The van der Waals surface area contributed by atoms with E-state index in [4.69, 9.17) is 29.8 Å². The highest BCUT2D eigenvalue weighted by atomic mass is 16.5. The Hall–Kier alpha value is -2.63. The van der Waals surface area contributed by atoms with E-state index in [1.807, 2.05) is 0 Å². The van der Waals surface area contributed by atoms with Crippen molar-refractivity contribution < 1.29 is 48.0 Å². The molecule has 0 aromatic heterocycles. The van der Waals surface area contributed by atoms with Crippen LogP contribution in [0.1, 0.15) is 32.1 Å². The van der Waals surface area contributed by atoms with Crippen molar-refractivity contribution in [3.05, 3.63) is 0 Å². The van der Waals surface area contributed by atoms with Crippen molar-refractivity contribution >= 4 is 37.2 Å². The zero-order valence-corrected chi connectivity index (χ0v) is 23.7. The minimum absolute atomic E-state index is 0.0374. The lowest BCUT2D eigenvalue weighted by atomic mass is 9.92. The molecule has 2 atom stereocenters. The number of nitrogens with two attached hydrogens (primary N) is 1. The maximum Gasteiger partial charge on any atom is 0.320 e. The molecule has 0 aliphatic heterocycles. The third-order valence-corrected chi connectivity index (χ3v) is 5.44. The van der Waals surface area contributed by atoms with E-state index in [9.17, 15) is 24.0 Å². The lowest BCUT2D eigenvalue weighted by molar-refractivity contribution is -0.139. The average Bonchev–Trinajstić information content (AvgIpc) is 2.91. The van der Waals surface area contributed by atoms with E-state index in [1.54, 1.807) is 0 Å². The third kappa shape index (κ3) is 23.3. The molecule has 0 bridgehead atoms. The van der Waals surface area contributed by atoms with Crippen molar-refractivity contribution in [1.82, 2.24) is 21.3 Å². The molecule has 0 saturated carbocycles. The number of carboxylic acids is 1. The second-order valence-electron chi connectivity index (χ2n) is 8.81. The van der Waals surface area contributed by atoms with E-state index >= 15 is 0 Å². The molecule has 7 N–H and O–H groups in total. The number of rotatable bonds is 27. The van der Waals surface area contributed by atoms with Crippen LogP contribution in [0, 0.1) is 0 Å². The fourth-order valence-corrected chi connectivity index (χ4v) is 3.07. The normalized spacial score (nSPS) is 12.3. The quantitative estimate of drug-likeness (QED) is 0.0416. The van der Waals surface area contributed by atoms with Gasteiger partial charge in [0.25, 0.3) is 0 Å². The molecule has 16 heteroatoms. The number of amides is 3. The van der Waals surface area contributed by atoms with E-state index in [0.717, 1.165) is 12.8 Å². The predicted molar refractivity (Wildman–Crippen MR) is 147 cm³/mol. The summed E-state index contributed by atoms with van der Waals surface area (Å²) in [4.78, 5) is 57.0. The van der Waals surface area contributed by atoms with Gasteiger partial charge in [-0.2, -0.15) is 0 Å². The number of carboxylic acid groups (broad SMARTS) is 1. The maximum absolute atomic E-state index is 11.7. The molecule has 0 fully saturated rings. The number of likely N-dealkylation sites (N-methyl/N-ethyl adjacent to an activating group) is 1. The van der Waals surface area contributed by atoms with Gasteiger partial charge in [0.05, 0.1) is 51.4 Å². The van der Waals surface area contributed by atoms with Crippen LogP contribution >= 0.6 is 0 Å². The van der Waals surface area contributed by atoms with E-state index < -0.39 is 18.1 Å². The number of aliphatic carboxylic acids is 1. The molecule has 0 heterocycles. The monoisotopic (exact) mass is 575 g/mol. The summed E-state index contributed by atoms with van der Waals surface area (Å²) >= 11 is 0. The first-order valence-corrected chi connectivity index (χ1v) is 13.4. The van der Waals surface area contributed by atoms with Gasteiger partial charge in [0.2, 0.25) is 17.7 Å². The molecule has 0 aromatic rings. The topological polar surface area (TPSA) is 217 Å². The highest BCUT2D eigenvalue weighted by molar-refractivity contribution is 6.59. The number of nitrogens with one attached hydrogen (secondary N) is 4. The first-order chi connectivity index (χ1) is 19.2. The summed E-state index contributed by atoms with van der Waals surface area (Å²) in [7, 11) is 2.99. The zero-order chi connectivity index (χ0) is 30.0.